The minimum atomic E-state index is -0.386. The minimum Gasteiger partial charge on any atom is -0.376 e. The number of amides is 1. The Morgan fingerprint density at radius 1 is 1.42 bits per heavy atom. The van der Waals surface area contributed by atoms with E-state index in [2.05, 4.69) is 4.99 Å². The average Bonchev–Trinajstić information content (AvgIpc) is 2.90. The van der Waals surface area contributed by atoms with Gasteiger partial charge in [0.1, 0.15) is 0 Å². The molecule has 7 heteroatoms. The molecule has 24 heavy (non-hydrogen) atoms. The van der Waals surface area contributed by atoms with Gasteiger partial charge in [0, 0.05) is 17.7 Å². The van der Waals surface area contributed by atoms with Crippen molar-refractivity contribution in [2.75, 3.05) is 6.61 Å². The molecule has 1 saturated heterocycles. The molecule has 0 radical (unpaired) electrons. The molecular formula is C17H18Cl2N2O2S. The van der Waals surface area contributed by atoms with Crippen LogP contribution < -0.4 is 4.80 Å². The molecule has 0 spiro atoms. The number of aromatic nitrogens is 1. The molecule has 0 saturated carbocycles. The topological polar surface area (TPSA) is 43.6 Å². The fourth-order valence-electron chi connectivity index (χ4n) is 2.71. The van der Waals surface area contributed by atoms with E-state index in [9.17, 15) is 4.79 Å². The van der Waals surface area contributed by atoms with Gasteiger partial charge in [0.05, 0.1) is 28.3 Å². The highest BCUT2D eigenvalue weighted by Gasteiger charge is 2.16. The standard InChI is InChI=1S/C17H18Cl2N2O2S/c1-11-9-21(10-12-5-2-3-8-23-12)17(24-11)20-16(22)13-6-4-7-14(18)15(13)19/h4,6-7,9,12H,2-3,5,8,10H2,1H3/b20-17-. The summed E-state index contributed by atoms with van der Waals surface area (Å²) in [6, 6.07) is 4.98. The van der Waals surface area contributed by atoms with Crippen molar-refractivity contribution in [3.05, 3.63) is 49.7 Å². The summed E-state index contributed by atoms with van der Waals surface area (Å²) in [5.41, 5.74) is 0.315. The zero-order valence-electron chi connectivity index (χ0n) is 13.3. The number of rotatable bonds is 3. The first-order valence-corrected chi connectivity index (χ1v) is 9.43. The quantitative estimate of drug-likeness (QED) is 0.782. The Balaban J connectivity index is 1.89. The van der Waals surface area contributed by atoms with E-state index in [1.165, 1.54) is 17.8 Å². The van der Waals surface area contributed by atoms with Gasteiger partial charge in [-0.25, -0.2) is 0 Å². The van der Waals surface area contributed by atoms with Gasteiger partial charge in [-0.05, 0) is 38.3 Å². The smallest absolute Gasteiger partial charge is 0.281 e. The lowest BCUT2D eigenvalue weighted by atomic mass is 10.1. The fraction of sp³-hybridized carbons (Fsp3) is 0.412. The van der Waals surface area contributed by atoms with Crippen LogP contribution in [0.1, 0.15) is 34.5 Å². The molecular weight excluding hydrogens is 367 g/mol. The summed E-state index contributed by atoms with van der Waals surface area (Å²) in [6.45, 7) is 3.51. The number of aryl methyl sites for hydroxylation is 1. The van der Waals surface area contributed by atoms with Gasteiger partial charge in [-0.2, -0.15) is 4.99 Å². The van der Waals surface area contributed by atoms with Crippen LogP contribution in [0.4, 0.5) is 0 Å². The molecule has 0 N–H and O–H groups in total. The molecule has 1 atom stereocenters. The summed E-state index contributed by atoms with van der Waals surface area (Å²) < 4.78 is 7.78. The molecule has 1 aliphatic heterocycles. The molecule has 1 aromatic heterocycles. The van der Waals surface area contributed by atoms with Crippen molar-refractivity contribution in [2.24, 2.45) is 4.99 Å². The number of carbonyl (C=O) groups is 1. The summed E-state index contributed by atoms with van der Waals surface area (Å²) in [5, 5.41) is 0.590. The number of ether oxygens (including phenoxy) is 1. The van der Waals surface area contributed by atoms with Gasteiger partial charge < -0.3 is 9.30 Å². The van der Waals surface area contributed by atoms with Gasteiger partial charge in [-0.1, -0.05) is 29.3 Å². The van der Waals surface area contributed by atoms with E-state index in [-0.39, 0.29) is 17.0 Å². The molecule has 0 bridgehead atoms. The maximum Gasteiger partial charge on any atom is 0.281 e. The summed E-state index contributed by atoms with van der Waals surface area (Å²) in [7, 11) is 0. The van der Waals surface area contributed by atoms with E-state index in [4.69, 9.17) is 27.9 Å². The van der Waals surface area contributed by atoms with Crippen LogP contribution in [0.25, 0.3) is 0 Å². The number of nitrogens with zero attached hydrogens (tertiary/aromatic N) is 2. The Hall–Kier alpha value is -1.14. The van der Waals surface area contributed by atoms with Crippen molar-refractivity contribution in [2.45, 2.75) is 38.8 Å². The molecule has 1 unspecified atom stereocenters. The number of halogens is 2. The fourth-order valence-corrected chi connectivity index (χ4v) is 3.93. The first kappa shape index (κ1) is 17.7. The highest BCUT2D eigenvalue weighted by molar-refractivity contribution is 7.09. The van der Waals surface area contributed by atoms with Crippen LogP contribution in [0.3, 0.4) is 0 Å². The molecule has 1 amide bonds. The molecule has 0 aliphatic carbocycles. The highest BCUT2D eigenvalue weighted by atomic mass is 35.5. The van der Waals surface area contributed by atoms with Crippen molar-refractivity contribution < 1.29 is 9.53 Å². The van der Waals surface area contributed by atoms with E-state index >= 15 is 0 Å². The number of benzene rings is 1. The van der Waals surface area contributed by atoms with Crippen LogP contribution in [0.5, 0.6) is 0 Å². The van der Waals surface area contributed by atoms with Crippen molar-refractivity contribution in [3.63, 3.8) is 0 Å². The molecule has 3 rings (SSSR count). The van der Waals surface area contributed by atoms with Crippen molar-refractivity contribution in [1.29, 1.82) is 0 Å². The van der Waals surface area contributed by atoms with Crippen LogP contribution in [-0.4, -0.2) is 23.2 Å². The van der Waals surface area contributed by atoms with E-state index in [0.29, 0.717) is 21.9 Å². The third-order valence-corrected chi connectivity index (χ3v) is 5.64. The Bertz CT molecular complexity index is 807. The van der Waals surface area contributed by atoms with Crippen LogP contribution in [0.15, 0.2) is 29.4 Å². The number of hydrogen-bond acceptors (Lipinski definition) is 3. The lowest BCUT2D eigenvalue weighted by molar-refractivity contribution is 0.00554. The van der Waals surface area contributed by atoms with Crippen molar-refractivity contribution >= 4 is 40.4 Å². The van der Waals surface area contributed by atoms with Crippen LogP contribution in [-0.2, 0) is 11.3 Å². The Kier molecular flexibility index (Phi) is 5.76. The number of carbonyl (C=O) groups excluding carboxylic acids is 1. The normalized spacial score (nSPS) is 18.8. The van der Waals surface area contributed by atoms with E-state index in [1.54, 1.807) is 18.2 Å². The summed E-state index contributed by atoms with van der Waals surface area (Å²) >= 11 is 13.6. The predicted molar refractivity (Wildman–Crippen MR) is 97.0 cm³/mol. The van der Waals surface area contributed by atoms with Gasteiger partial charge >= 0.3 is 0 Å². The van der Waals surface area contributed by atoms with Gasteiger partial charge in [0.15, 0.2) is 4.80 Å². The largest absolute Gasteiger partial charge is 0.376 e. The summed E-state index contributed by atoms with van der Waals surface area (Å²) in [4.78, 5) is 18.5. The lowest BCUT2D eigenvalue weighted by Gasteiger charge is -2.22. The maximum absolute atomic E-state index is 12.5. The van der Waals surface area contributed by atoms with Gasteiger partial charge in [-0.3, -0.25) is 4.79 Å². The van der Waals surface area contributed by atoms with Crippen molar-refractivity contribution in [3.8, 4) is 0 Å². The highest BCUT2D eigenvalue weighted by Crippen LogP contribution is 2.26. The van der Waals surface area contributed by atoms with Crippen LogP contribution in [0, 0.1) is 6.92 Å². The third kappa shape index (κ3) is 4.09. The molecule has 1 aliphatic rings. The zero-order valence-corrected chi connectivity index (χ0v) is 15.6. The van der Waals surface area contributed by atoms with Crippen molar-refractivity contribution in [1.82, 2.24) is 4.57 Å². The average molecular weight is 385 g/mol. The Morgan fingerprint density at radius 3 is 3.00 bits per heavy atom. The molecule has 1 aromatic carbocycles. The maximum atomic E-state index is 12.5. The Labute approximate surface area is 154 Å². The van der Waals surface area contributed by atoms with Crippen LogP contribution >= 0.6 is 34.5 Å². The second kappa shape index (κ2) is 7.83. The predicted octanol–water partition coefficient (Wildman–Crippen LogP) is 4.48. The van der Waals surface area contributed by atoms with E-state index < -0.39 is 0 Å². The van der Waals surface area contributed by atoms with E-state index in [1.807, 2.05) is 17.7 Å². The minimum absolute atomic E-state index is 0.177. The zero-order chi connectivity index (χ0) is 17.1. The second-order valence-corrected chi connectivity index (χ2v) is 7.78. The van der Waals surface area contributed by atoms with E-state index in [0.717, 1.165) is 24.3 Å². The van der Waals surface area contributed by atoms with Crippen LogP contribution in [0.2, 0.25) is 10.0 Å². The SMILES string of the molecule is Cc1cn(CC2CCCCO2)/c(=N/C(=O)c2cccc(Cl)c2Cl)s1. The first-order valence-electron chi connectivity index (χ1n) is 7.86. The summed E-state index contributed by atoms with van der Waals surface area (Å²) in [6.07, 6.45) is 5.52. The monoisotopic (exact) mass is 384 g/mol. The third-order valence-electron chi connectivity index (χ3n) is 3.89. The molecule has 1 fully saturated rings. The number of thiazole rings is 1. The lowest BCUT2D eigenvalue weighted by Crippen LogP contribution is -2.28. The number of hydrogen-bond donors (Lipinski definition) is 0. The molecule has 128 valence electrons. The Morgan fingerprint density at radius 2 is 2.25 bits per heavy atom. The summed E-state index contributed by atoms with van der Waals surface area (Å²) in [5.74, 6) is -0.386. The molecule has 2 aromatic rings. The van der Waals surface area contributed by atoms with Gasteiger partial charge in [-0.15, -0.1) is 11.3 Å². The second-order valence-electron chi connectivity index (χ2n) is 5.78. The van der Waals surface area contributed by atoms with Gasteiger partial charge in [0.2, 0.25) is 0 Å². The van der Waals surface area contributed by atoms with Gasteiger partial charge in [0.25, 0.3) is 5.91 Å². The molecule has 2 heterocycles. The first-order chi connectivity index (χ1) is 11.5. The molecule has 4 nitrogen and oxygen atoms in total.